The molecule has 3 aromatic rings. The number of aromatic nitrogens is 4. The summed E-state index contributed by atoms with van der Waals surface area (Å²) >= 11 is 23.8. The molecule has 0 radical (unpaired) electrons. The molecule has 1 N–H and O–H groups in total. The molecule has 3 rings (SSSR count). The maximum absolute atomic E-state index is 5.97. The molecule has 1 aromatic carbocycles. The molecule has 0 atom stereocenters. The van der Waals surface area contributed by atoms with Gasteiger partial charge in [-0.25, -0.2) is 4.98 Å². The molecule has 0 saturated heterocycles. The number of pyridine rings is 1. The molecule has 0 aliphatic heterocycles. The molecule has 0 spiro atoms. The van der Waals surface area contributed by atoms with Gasteiger partial charge in [-0.3, -0.25) is 4.98 Å². The van der Waals surface area contributed by atoms with E-state index in [0.29, 0.717) is 23.3 Å². The molecule has 0 fully saturated rings. The van der Waals surface area contributed by atoms with Gasteiger partial charge in [-0.2, -0.15) is 9.97 Å². The van der Waals surface area contributed by atoms with Crippen LogP contribution in [0.25, 0.3) is 11.4 Å². The SMILES string of the molecule is Clc1ccc(-c2nc(NCCc3cccnc3)nc(C(Cl)(Cl)Cl)n2)cc1. The van der Waals surface area contributed by atoms with E-state index in [0.717, 1.165) is 17.5 Å². The maximum atomic E-state index is 5.97. The van der Waals surface area contributed by atoms with E-state index in [9.17, 15) is 0 Å². The Hall–Kier alpha value is -1.66. The molecule has 0 aliphatic rings. The van der Waals surface area contributed by atoms with Crippen molar-refractivity contribution >= 4 is 52.4 Å². The zero-order valence-electron chi connectivity index (χ0n) is 13.3. The van der Waals surface area contributed by atoms with Gasteiger partial charge in [-0.15, -0.1) is 0 Å². The van der Waals surface area contributed by atoms with Gasteiger partial charge in [-0.05, 0) is 42.3 Å². The average molecular weight is 429 g/mol. The second kappa shape index (κ2) is 8.35. The normalized spacial score (nSPS) is 11.4. The minimum absolute atomic E-state index is 0.0475. The third kappa shape index (κ3) is 5.17. The average Bonchev–Trinajstić information content (AvgIpc) is 2.62. The van der Waals surface area contributed by atoms with Crippen molar-refractivity contribution in [2.24, 2.45) is 0 Å². The molecule has 0 unspecified atom stereocenters. The lowest BCUT2D eigenvalue weighted by molar-refractivity contribution is 0.902. The van der Waals surface area contributed by atoms with Gasteiger partial charge in [0.25, 0.3) is 0 Å². The Bertz CT molecular complexity index is 867. The van der Waals surface area contributed by atoms with Gasteiger partial charge in [0.05, 0.1) is 0 Å². The summed E-state index contributed by atoms with van der Waals surface area (Å²) in [4.78, 5) is 17.0. The van der Waals surface area contributed by atoms with Crippen molar-refractivity contribution in [2.75, 3.05) is 11.9 Å². The second-order valence-corrected chi connectivity index (χ2v) is 8.07. The molecular weight excluding hydrogens is 416 g/mol. The van der Waals surface area contributed by atoms with Crippen LogP contribution in [0, 0.1) is 0 Å². The Labute approximate surface area is 170 Å². The minimum Gasteiger partial charge on any atom is -0.354 e. The largest absolute Gasteiger partial charge is 0.354 e. The summed E-state index contributed by atoms with van der Waals surface area (Å²) < 4.78 is -1.76. The quantitative estimate of drug-likeness (QED) is 0.574. The molecule has 134 valence electrons. The van der Waals surface area contributed by atoms with Gasteiger partial charge in [0.2, 0.25) is 9.74 Å². The maximum Gasteiger partial charge on any atom is 0.250 e. The zero-order chi connectivity index (χ0) is 18.6. The Morgan fingerprint density at radius 3 is 2.38 bits per heavy atom. The van der Waals surface area contributed by atoms with Crippen LogP contribution in [0.2, 0.25) is 5.02 Å². The third-order valence-corrected chi connectivity index (χ3v) is 4.17. The summed E-state index contributed by atoms with van der Waals surface area (Å²) in [6.45, 7) is 0.592. The first-order valence-electron chi connectivity index (χ1n) is 7.64. The van der Waals surface area contributed by atoms with Gasteiger partial charge in [-0.1, -0.05) is 52.5 Å². The van der Waals surface area contributed by atoms with E-state index in [2.05, 4.69) is 25.3 Å². The molecule has 0 bridgehead atoms. The fraction of sp³-hybridized carbons (Fsp3) is 0.176. The van der Waals surface area contributed by atoms with Gasteiger partial charge in [0, 0.05) is 29.5 Å². The van der Waals surface area contributed by atoms with Crippen molar-refractivity contribution in [3.8, 4) is 11.4 Å². The van der Waals surface area contributed by atoms with E-state index in [4.69, 9.17) is 46.4 Å². The summed E-state index contributed by atoms with van der Waals surface area (Å²) in [5.74, 6) is 0.767. The van der Waals surface area contributed by atoms with Gasteiger partial charge >= 0.3 is 0 Å². The van der Waals surface area contributed by atoms with Crippen LogP contribution < -0.4 is 5.32 Å². The van der Waals surface area contributed by atoms with Crippen molar-refractivity contribution in [3.05, 3.63) is 65.2 Å². The Kier molecular flexibility index (Phi) is 6.14. The number of hydrogen-bond donors (Lipinski definition) is 1. The van der Waals surface area contributed by atoms with Crippen LogP contribution in [-0.2, 0) is 10.2 Å². The van der Waals surface area contributed by atoms with Crippen LogP contribution in [0.5, 0.6) is 0 Å². The zero-order valence-corrected chi connectivity index (χ0v) is 16.4. The fourth-order valence-electron chi connectivity index (χ4n) is 2.17. The smallest absolute Gasteiger partial charge is 0.250 e. The first-order chi connectivity index (χ1) is 12.4. The Balaban J connectivity index is 1.84. The topological polar surface area (TPSA) is 63.6 Å². The number of anilines is 1. The fourth-order valence-corrected chi connectivity index (χ4v) is 2.55. The summed E-state index contributed by atoms with van der Waals surface area (Å²) in [5.41, 5.74) is 1.83. The standard InChI is InChI=1S/C17H13Cl4N5/c18-13-5-3-12(4-6-13)14-24-15(17(19,20)21)26-16(25-14)23-9-7-11-2-1-8-22-10-11/h1-6,8,10H,7,9H2,(H,23,24,25,26). The van der Waals surface area contributed by atoms with Crippen molar-refractivity contribution in [1.29, 1.82) is 0 Å². The van der Waals surface area contributed by atoms with E-state index in [1.807, 2.05) is 12.1 Å². The number of hydrogen-bond acceptors (Lipinski definition) is 5. The monoisotopic (exact) mass is 427 g/mol. The number of halogens is 4. The van der Waals surface area contributed by atoms with Crippen molar-refractivity contribution in [1.82, 2.24) is 19.9 Å². The summed E-state index contributed by atoms with van der Waals surface area (Å²) in [7, 11) is 0. The highest BCUT2D eigenvalue weighted by molar-refractivity contribution is 6.66. The first-order valence-corrected chi connectivity index (χ1v) is 9.15. The van der Waals surface area contributed by atoms with Crippen LogP contribution in [0.3, 0.4) is 0 Å². The van der Waals surface area contributed by atoms with Crippen LogP contribution in [-0.4, -0.2) is 26.5 Å². The molecule has 0 saturated carbocycles. The van der Waals surface area contributed by atoms with E-state index in [1.54, 1.807) is 36.7 Å². The van der Waals surface area contributed by atoms with Gasteiger partial charge in [0.1, 0.15) is 0 Å². The van der Waals surface area contributed by atoms with E-state index in [-0.39, 0.29) is 5.82 Å². The van der Waals surface area contributed by atoms with Crippen molar-refractivity contribution < 1.29 is 0 Å². The van der Waals surface area contributed by atoms with E-state index in [1.165, 1.54) is 0 Å². The lowest BCUT2D eigenvalue weighted by Crippen LogP contribution is -2.15. The number of nitrogens with zero attached hydrogens (tertiary/aromatic N) is 4. The van der Waals surface area contributed by atoms with Gasteiger partial charge < -0.3 is 5.32 Å². The number of rotatable bonds is 5. The molecule has 9 heteroatoms. The molecule has 26 heavy (non-hydrogen) atoms. The second-order valence-electron chi connectivity index (χ2n) is 5.35. The predicted octanol–water partition coefficient (Wildman–Crippen LogP) is 5.07. The number of alkyl halides is 3. The predicted molar refractivity (Wildman–Crippen MR) is 106 cm³/mol. The summed E-state index contributed by atoms with van der Waals surface area (Å²) in [6.07, 6.45) is 4.29. The highest BCUT2D eigenvalue weighted by Gasteiger charge is 2.28. The van der Waals surface area contributed by atoms with Crippen LogP contribution >= 0.6 is 46.4 Å². The summed E-state index contributed by atoms with van der Waals surface area (Å²) in [5, 5.41) is 3.75. The molecular formula is C17H13Cl4N5. The molecule has 2 heterocycles. The third-order valence-electron chi connectivity index (χ3n) is 3.41. The lowest BCUT2D eigenvalue weighted by Gasteiger charge is -2.13. The lowest BCUT2D eigenvalue weighted by atomic mass is 10.2. The molecule has 0 amide bonds. The van der Waals surface area contributed by atoms with Gasteiger partial charge in [0.15, 0.2) is 11.6 Å². The molecule has 2 aromatic heterocycles. The Morgan fingerprint density at radius 1 is 0.962 bits per heavy atom. The van der Waals surface area contributed by atoms with Crippen LogP contribution in [0.15, 0.2) is 48.8 Å². The highest BCUT2D eigenvalue weighted by Crippen LogP contribution is 2.36. The molecule has 5 nitrogen and oxygen atoms in total. The van der Waals surface area contributed by atoms with E-state index < -0.39 is 3.79 Å². The number of benzene rings is 1. The number of nitrogens with one attached hydrogen (secondary N) is 1. The van der Waals surface area contributed by atoms with E-state index >= 15 is 0 Å². The first kappa shape index (κ1) is 19.1. The minimum atomic E-state index is -1.76. The molecule has 0 aliphatic carbocycles. The Morgan fingerprint density at radius 2 is 1.73 bits per heavy atom. The van der Waals surface area contributed by atoms with Crippen LogP contribution in [0.1, 0.15) is 11.4 Å². The van der Waals surface area contributed by atoms with Crippen molar-refractivity contribution in [3.63, 3.8) is 0 Å². The summed E-state index contributed by atoms with van der Waals surface area (Å²) in [6, 6.07) is 10.9. The van der Waals surface area contributed by atoms with Crippen molar-refractivity contribution in [2.45, 2.75) is 10.2 Å². The highest BCUT2D eigenvalue weighted by atomic mass is 35.6. The van der Waals surface area contributed by atoms with Crippen LogP contribution in [0.4, 0.5) is 5.95 Å².